The molecule has 1 aromatic heterocycles. The van der Waals surface area contributed by atoms with E-state index in [0.29, 0.717) is 43.6 Å². The average molecular weight is 587 g/mol. The number of thiazole rings is 1. The van der Waals surface area contributed by atoms with E-state index >= 15 is 0 Å². The molecule has 0 fully saturated rings. The van der Waals surface area contributed by atoms with Crippen molar-refractivity contribution >= 4 is 39.3 Å². The summed E-state index contributed by atoms with van der Waals surface area (Å²) in [5.41, 5.74) is 1.74. The van der Waals surface area contributed by atoms with Gasteiger partial charge in [-0.3, -0.25) is 9.36 Å². The number of benzene rings is 2. The van der Waals surface area contributed by atoms with Crippen molar-refractivity contribution in [3.05, 3.63) is 76.9 Å². The van der Waals surface area contributed by atoms with E-state index in [-0.39, 0.29) is 24.5 Å². The quantitative estimate of drug-likeness (QED) is 0.409. The van der Waals surface area contributed by atoms with Gasteiger partial charge in [0, 0.05) is 10.0 Å². The molecule has 0 bridgehead atoms. The van der Waals surface area contributed by atoms with Crippen LogP contribution in [0.15, 0.2) is 55.9 Å². The maximum absolute atomic E-state index is 13.9. The van der Waals surface area contributed by atoms with Crippen LogP contribution in [0.3, 0.4) is 0 Å². The highest BCUT2D eigenvalue weighted by molar-refractivity contribution is 9.10. The van der Waals surface area contributed by atoms with E-state index < -0.39 is 12.0 Å². The van der Waals surface area contributed by atoms with Crippen LogP contribution in [-0.4, -0.2) is 38.2 Å². The summed E-state index contributed by atoms with van der Waals surface area (Å²) < 4.78 is 30.0. The van der Waals surface area contributed by atoms with Gasteiger partial charge in [0.15, 0.2) is 16.3 Å². The number of nitrogens with zero attached hydrogens (tertiary/aromatic N) is 2. The minimum absolute atomic E-state index is 0.145. The molecule has 0 saturated carbocycles. The molecule has 11 heteroatoms. The molecule has 0 unspecified atom stereocenters. The maximum atomic E-state index is 13.9. The SMILES string of the molecule is CCOC(=O)C1=C(C)N=c2s/c(=C/c3cc4c(cc3Br)OCO4)c(=O)n2[C@H]1c1cc(OC)ccc1OC. The molecule has 3 aromatic rings. The van der Waals surface area contributed by atoms with Crippen LogP contribution in [0.25, 0.3) is 6.08 Å². The first kappa shape index (κ1) is 25.1. The molecule has 2 aliphatic rings. The second-order valence-electron chi connectivity index (χ2n) is 8.14. The van der Waals surface area contributed by atoms with Gasteiger partial charge in [-0.1, -0.05) is 27.3 Å². The summed E-state index contributed by atoms with van der Waals surface area (Å²) in [6, 6.07) is 8.03. The van der Waals surface area contributed by atoms with Crippen molar-refractivity contribution in [2.75, 3.05) is 27.6 Å². The van der Waals surface area contributed by atoms with Gasteiger partial charge in [-0.25, -0.2) is 9.79 Å². The lowest BCUT2D eigenvalue weighted by atomic mass is 9.94. The van der Waals surface area contributed by atoms with Crippen LogP contribution in [0, 0.1) is 0 Å². The lowest BCUT2D eigenvalue weighted by molar-refractivity contribution is -0.139. The first-order valence-corrected chi connectivity index (χ1v) is 13.0. The number of fused-ring (bicyclic) bond motifs is 2. The summed E-state index contributed by atoms with van der Waals surface area (Å²) in [6.45, 7) is 3.79. The Morgan fingerprint density at radius 1 is 1.22 bits per heavy atom. The van der Waals surface area contributed by atoms with Crippen LogP contribution in [0.5, 0.6) is 23.0 Å². The van der Waals surface area contributed by atoms with E-state index in [9.17, 15) is 9.59 Å². The fourth-order valence-corrected chi connectivity index (χ4v) is 5.80. The number of aromatic nitrogens is 1. The van der Waals surface area contributed by atoms with Gasteiger partial charge >= 0.3 is 5.97 Å². The van der Waals surface area contributed by atoms with Gasteiger partial charge in [-0.05, 0) is 55.8 Å². The molecular formula is C26H23BrN2O7S. The molecule has 0 amide bonds. The van der Waals surface area contributed by atoms with Gasteiger partial charge < -0.3 is 23.7 Å². The molecule has 0 N–H and O–H groups in total. The number of carbonyl (C=O) groups is 1. The zero-order chi connectivity index (χ0) is 26.3. The van der Waals surface area contributed by atoms with Gasteiger partial charge in [-0.2, -0.15) is 0 Å². The molecule has 0 aliphatic carbocycles. The highest BCUT2D eigenvalue weighted by atomic mass is 79.9. The average Bonchev–Trinajstić information content (AvgIpc) is 3.46. The zero-order valence-electron chi connectivity index (χ0n) is 20.5. The van der Waals surface area contributed by atoms with E-state index in [1.54, 1.807) is 51.3 Å². The molecule has 2 aliphatic heterocycles. The monoisotopic (exact) mass is 586 g/mol. The number of hydrogen-bond acceptors (Lipinski definition) is 9. The summed E-state index contributed by atoms with van der Waals surface area (Å²) in [5, 5.41) is 0. The van der Waals surface area contributed by atoms with Crippen LogP contribution in [0.1, 0.15) is 31.0 Å². The van der Waals surface area contributed by atoms with E-state index in [1.807, 2.05) is 6.07 Å². The number of ether oxygens (including phenoxy) is 5. The molecule has 5 rings (SSSR count). The number of halogens is 1. The van der Waals surface area contributed by atoms with Crippen LogP contribution in [-0.2, 0) is 9.53 Å². The number of allylic oxidation sites excluding steroid dienone is 1. The van der Waals surface area contributed by atoms with Gasteiger partial charge in [0.05, 0.1) is 36.6 Å². The number of rotatable bonds is 6. The highest BCUT2D eigenvalue weighted by Crippen LogP contribution is 2.39. The van der Waals surface area contributed by atoms with Gasteiger partial charge in [-0.15, -0.1) is 0 Å². The molecule has 37 heavy (non-hydrogen) atoms. The minimum Gasteiger partial charge on any atom is -0.497 e. The Morgan fingerprint density at radius 2 is 1.97 bits per heavy atom. The molecule has 2 aromatic carbocycles. The van der Waals surface area contributed by atoms with Crippen LogP contribution < -0.4 is 33.8 Å². The fraction of sp³-hybridized carbons (Fsp3) is 0.269. The van der Waals surface area contributed by atoms with Gasteiger partial charge in [0.1, 0.15) is 17.5 Å². The van der Waals surface area contributed by atoms with Crippen molar-refractivity contribution in [2.24, 2.45) is 4.99 Å². The Kier molecular flexibility index (Phi) is 6.82. The molecule has 0 radical (unpaired) electrons. The Labute approximate surface area is 224 Å². The maximum Gasteiger partial charge on any atom is 0.338 e. The van der Waals surface area contributed by atoms with E-state index in [0.717, 1.165) is 10.0 Å². The van der Waals surface area contributed by atoms with E-state index in [1.165, 1.54) is 23.0 Å². The summed E-state index contributed by atoms with van der Waals surface area (Å²) in [7, 11) is 3.08. The summed E-state index contributed by atoms with van der Waals surface area (Å²) >= 11 is 4.78. The largest absolute Gasteiger partial charge is 0.497 e. The second-order valence-corrected chi connectivity index (χ2v) is 10.0. The summed E-state index contributed by atoms with van der Waals surface area (Å²) in [6.07, 6.45) is 1.76. The minimum atomic E-state index is -0.831. The zero-order valence-corrected chi connectivity index (χ0v) is 22.9. The third-order valence-electron chi connectivity index (χ3n) is 6.03. The number of carbonyl (C=O) groups excluding carboxylic acids is 1. The summed E-state index contributed by atoms with van der Waals surface area (Å²) in [4.78, 5) is 32.1. The van der Waals surface area contributed by atoms with Crippen molar-refractivity contribution in [1.82, 2.24) is 4.57 Å². The first-order chi connectivity index (χ1) is 17.9. The van der Waals surface area contributed by atoms with Crippen LogP contribution in [0.2, 0.25) is 0 Å². The molecule has 3 heterocycles. The Hall–Kier alpha value is -3.57. The topological polar surface area (TPSA) is 97.6 Å². The lowest BCUT2D eigenvalue weighted by Crippen LogP contribution is -2.40. The predicted molar refractivity (Wildman–Crippen MR) is 140 cm³/mol. The summed E-state index contributed by atoms with van der Waals surface area (Å²) in [5.74, 6) is 1.73. The number of methoxy groups -OCH3 is 2. The van der Waals surface area contributed by atoms with E-state index in [4.69, 9.17) is 23.7 Å². The lowest BCUT2D eigenvalue weighted by Gasteiger charge is -2.26. The van der Waals surface area contributed by atoms with Crippen molar-refractivity contribution < 1.29 is 28.5 Å². The van der Waals surface area contributed by atoms with Crippen molar-refractivity contribution in [1.29, 1.82) is 0 Å². The molecular weight excluding hydrogens is 564 g/mol. The second kappa shape index (κ2) is 10.1. The Balaban J connectivity index is 1.76. The van der Waals surface area contributed by atoms with Gasteiger partial charge in [0.2, 0.25) is 6.79 Å². The smallest absolute Gasteiger partial charge is 0.338 e. The van der Waals surface area contributed by atoms with Crippen LogP contribution in [0.4, 0.5) is 0 Å². The van der Waals surface area contributed by atoms with Crippen LogP contribution >= 0.6 is 27.3 Å². The molecule has 0 saturated heterocycles. The third-order valence-corrected chi connectivity index (χ3v) is 7.70. The predicted octanol–water partition coefficient (Wildman–Crippen LogP) is 3.31. The number of hydrogen-bond donors (Lipinski definition) is 0. The molecule has 0 spiro atoms. The Morgan fingerprint density at radius 3 is 2.68 bits per heavy atom. The van der Waals surface area contributed by atoms with Crippen molar-refractivity contribution in [3.63, 3.8) is 0 Å². The first-order valence-electron chi connectivity index (χ1n) is 11.4. The molecule has 9 nitrogen and oxygen atoms in total. The normalized spacial score (nSPS) is 16.4. The molecule has 192 valence electrons. The molecule has 1 atom stereocenters. The Bertz CT molecular complexity index is 1620. The van der Waals surface area contributed by atoms with Crippen molar-refractivity contribution in [3.8, 4) is 23.0 Å². The highest BCUT2D eigenvalue weighted by Gasteiger charge is 2.35. The van der Waals surface area contributed by atoms with Gasteiger partial charge in [0.25, 0.3) is 5.56 Å². The van der Waals surface area contributed by atoms with E-state index in [2.05, 4.69) is 20.9 Å². The fourth-order valence-electron chi connectivity index (χ4n) is 4.32. The third kappa shape index (κ3) is 4.42. The van der Waals surface area contributed by atoms with Crippen molar-refractivity contribution in [2.45, 2.75) is 19.9 Å². The standard InChI is InChI=1S/C26H23BrN2O7S/c1-5-34-25(31)22-13(2)28-26-29(23(22)16-10-15(32-3)6-7-18(16)33-4)24(30)21(37-26)9-14-8-19-20(11-17(14)27)36-12-35-19/h6-11,23H,5,12H2,1-4H3/b21-9+/t23-/m0/s1. The number of esters is 1.